The van der Waals surface area contributed by atoms with Crippen molar-refractivity contribution in [2.24, 2.45) is 11.8 Å². The summed E-state index contributed by atoms with van der Waals surface area (Å²) < 4.78 is 0. The molecule has 25 heavy (non-hydrogen) atoms. The molecule has 0 bridgehead atoms. The van der Waals surface area contributed by atoms with Gasteiger partial charge in [0.25, 0.3) is 0 Å². The Labute approximate surface area is 156 Å². The van der Waals surface area contributed by atoms with Gasteiger partial charge in [-0.05, 0) is 65.2 Å². The zero-order valence-corrected chi connectivity index (χ0v) is 17.2. The monoisotopic (exact) mass is 350 g/mol. The molecule has 2 N–H and O–H groups in total. The molecule has 0 heterocycles. The fraction of sp³-hybridized carbons (Fsp3) is 0.955. The van der Waals surface area contributed by atoms with Gasteiger partial charge < -0.3 is 10.6 Å². The highest BCUT2D eigenvalue weighted by Crippen LogP contribution is 2.26. The van der Waals surface area contributed by atoms with E-state index in [2.05, 4.69) is 38.3 Å². The molecule has 0 aromatic rings. The van der Waals surface area contributed by atoms with Gasteiger partial charge >= 0.3 is 0 Å². The van der Waals surface area contributed by atoms with Gasteiger partial charge in [0.1, 0.15) is 0 Å². The van der Waals surface area contributed by atoms with Crippen molar-refractivity contribution in [3.63, 3.8) is 0 Å². The van der Waals surface area contributed by atoms with E-state index in [-0.39, 0.29) is 11.5 Å². The second kappa shape index (κ2) is 9.94. The third kappa shape index (κ3) is 8.11. The average molecular weight is 351 g/mol. The van der Waals surface area contributed by atoms with Crippen LogP contribution < -0.4 is 10.6 Å². The van der Waals surface area contributed by atoms with Crippen LogP contribution in [0.15, 0.2) is 0 Å². The number of carbonyl (C=O) groups excluding carboxylic acids is 1. The van der Waals surface area contributed by atoms with Crippen molar-refractivity contribution in [2.45, 2.75) is 122 Å². The first-order valence-electron chi connectivity index (χ1n) is 10.9. The van der Waals surface area contributed by atoms with Gasteiger partial charge in [0.05, 0.1) is 0 Å². The summed E-state index contributed by atoms with van der Waals surface area (Å²) >= 11 is 0. The highest BCUT2D eigenvalue weighted by Gasteiger charge is 2.28. The van der Waals surface area contributed by atoms with E-state index in [9.17, 15) is 4.79 Å². The summed E-state index contributed by atoms with van der Waals surface area (Å²) in [5, 5.41) is 7.15. The predicted octanol–water partition coefficient (Wildman–Crippen LogP) is 5.19. The third-order valence-corrected chi connectivity index (χ3v) is 6.03. The Morgan fingerprint density at radius 1 is 0.800 bits per heavy atom. The summed E-state index contributed by atoms with van der Waals surface area (Å²) in [5.74, 6) is 1.43. The summed E-state index contributed by atoms with van der Waals surface area (Å²) in [6.45, 7) is 9.07. The number of amides is 1. The minimum atomic E-state index is 0.156. The lowest BCUT2D eigenvalue weighted by Crippen LogP contribution is -2.50. The topological polar surface area (TPSA) is 41.1 Å². The highest BCUT2D eigenvalue weighted by atomic mass is 16.1. The van der Waals surface area contributed by atoms with Crippen molar-refractivity contribution in [1.29, 1.82) is 0 Å². The second-order valence-electron chi connectivity index (χ2n) is 9.83. The second-order valence-corrected chi connectivity index (χ2v) is 9.83. The van der Waals surface area contributed by atoms with Gasteiger partial charge in [-0.25, -0.2) is 0 Å². The SMILES string of the molecule is CC1CCCCCC(C(=O)NC2CCCC(NC(C)(C)C)C2)CCC1. The fourth-order valence-corrected chi connectivity index (χ4v) is 4.71. The number of hydrogen-bond acceptors (Lipinski definition) is 2. The highest BCUT2D eigenvalue weighted by molar-refractivity contribution is 5.78. The summed E-state index contributed by atoms with van der Waals surface area (Å²) in [7, 11) is 0. The molecule has 3 heteroatoms. The number of hydrogen-bond donors (Lipinski definition) is 2. The molecule has 2 aliphatic rings. The summed E-state index contributed by atoms with van der Waals surface area (Å²) in [4.78, 5) is 12.9. The maximum atomic E-state index is 12.9. The third-order valence-electron chi connectivity index (χ3n) is 6.03. The molecule has 0 aliphatic heterocycles. The molecule has 4 unspecified atom stereocenters. The Hall–Kier alpha value is -0.570. The van der Waals surface area contributed by atoms with Gasteiger partial charge in [0, 0.05) is 23.5 Å². The van der Waals surface area contributed by atoms with Crippen LogP contribution in [0.2, 0.25) is 0 Å². The van der Waals surface area contributed by atoms with Crippen molar-refractivity contribution < 1.29 is 4.79 Å². The normalized spacial score (nSPS) is 32.8. The van der Waals surface area contributed by atoms with Crippen LogP contribution in [-0.2, 0) is 4.79 Å². The Bertz CT molecular complexity index is 401. The van der Waals surface area contributed by atoms with Gasteiger partial charge in [-0.15, -0.1) is 0 Å². The van der Waals surface area contributed by atoms with E-state index in [4.69, 9.17) is 0 Å². The molecule has 0 spiro atoms. The zero-order chi connectivity index (χ0) is 18.3. The standard InChI is InChI=1S/C22H42N2O/c1-17-10-6-5-7-12-18(13-8-11-17)21(25)23-19-14-9-15-20(16-19)24-22(2,3)4/h17-20,24H,5-16H2,1-4H3,(H,23,25). The molecule has 2 rings (SSSR count). The van der Waals surface area contributed by atoms with Crippen LogP contribution in [0.25, 0.3) is 0 Å². The van der Waals surface area contributed by atoms with E-state index in [1.165, 1.54) is 51.4 Å². The molecule has 3 nitrogen and oxygen atoms in total. The van der Waals surface area contributed by atoms with Gasteiger partial charge in [-0.1, -0.05) is 45.4 Å². The summed E-state index contributed by atoms with van der Waals surface area (Å²) in [5.41, 5.74) is 0.156. The number of nitrogens with one attached hydrogen (secondary N) is 2. The lowest BCUT2D eigenvalue weighted by atomic mass is 9.86. The Kier molecular flexibility index (Phi) is 8.25. The minimum Gasteiger partial charge on any atom is -0.353 e. The van der Waals surface area contributed by atoms with Crippen molar-refractivity contribution >= 4 is 5.91 Å². The Balaban J connectivity index is 1.82. The molecule has 1 amide bonds. The van der Waals surface area contributed by atoms with Gasteiger partial charge in [-0.2, -0.15) is 0 Å². The van der Waals surface area contributed by atoms with E-state index in [0.29, 0.717) is 18.0 Å². The molecule has 2 aliphatic carbocycles. The maximum absolute atomic E-state index is 12.9. The predicted molar refractivity (Wildman–Crippen MR) is 107 cm³/mol. The molecule has 0 aromatic heterocycles. The summed E-state index contributed by atoms with van der Waals surface area (Å²) in [6.07, 6.45) is 14.7. The first-order chi connectivity index (χ1) is 11.8. The van der Waals surface area contributed by atoms with Crippen LogP contribution in [-0.4, -0.2) is 23.5 Å². The molecule has 2 fully saturated rings. The first-order valence-corrected chi connectivity index (χ1v) is 10.9. The molecule has 0 saturated heterocycles. The lowest BCUT2D eigenvalue weighted by molar-refractivity contribution is -0.126. The van der Waals surface area contributed by atoms with E-state index < -0.39 is 0 Å². The van der Waals surface area contributed by atoms with Crippen LogP contribution in [0.1, 0.15) is 105 Å². The average Bonchev–Trinajstić information content (AvgIpc) is 2.52. The quantitative estimate of drug-likeness (QED) is 0.735. The van der Waals surface area contributed by atoms with E-state index in [0.717, 1.165) is 31.6 Å². The van der Waals surface area contributed by atoms with Crippen LogP contribution in [0.3, 0.4) is 0 Å². The van der Waals surface area contributed by atoms with Crippen LogP contribution in [0.4, 0.5) is 0 Å². The Morgan fingerprint density at radius 2 is 1.40 bits per heavy atom. The van der Waals surface area contributed by atoms with Crippen molar-refractivity contribution in [1.82, 2.24) is 10.6 Å². The number of carbonyl (C=O) groups is 1. The van der Waals surface area contributed by atoms with Gasteiger partial charge in [0.15, 0.2) is 0 Å². The molecule has 0 radical (unpaired) electrons. The molecule has 146 valence electrons. The van der Waals surface area contributed by atoms with Crippen molar-refractivity contribution in [3.05, 3.63) is 0 Å². The molecule has 0 aromatic carbocycles. The van der Waals surface area contributed by atoms with E-state index in [1.807, 2.05) is 0 Å². The van der Waals surface area contributed by atoms with Crippen molar-refractivity contribution in [3.8, 4) is 0 Å². The molecular formula is C22H42N2O. The molecule has 4 atom stereocenters. The van der Waals surface area contributed by atoms with E-state index in [1.54, 1.807) is 0 Å². The minimum absolute atomic E-state index is 0.156. The van der Waals surface area contributed by atoms with Crippen LogP contribution in [0.5, 0.6) is 0 Å². The van der Waals surface area contributed by atoms with Crippen LogP contribution >= 0.6 is 0 Å². The van der Waals surface area contributed by atoms with E-state index >= 15 is 0 Å². The summed E-state index contributed by atoms with van der Waals surface area (Å²) in [6, 6.07) is 0.916. The van der Waals surface area contributed by atoms with Gasteiger partial charge in [0.2, 0.25) is 5.91 Å². The smallest absolute Gasteiger partial charge is 0.223 e. The maximum Gasteiger partial charge on any atom is 0.223 e. The lowest BCUT2D eigenvalue weighted by Gasteiger charge is -2.35. The fourth-order valence-electron chi connectivity index (χ4n) is 4.71. The zero-order valence-electron chi connectivity index (χ0n) is 17.2. The van der Waals surface area contributed by atoms with Crippen molar-refractivity contribution in [2.75, 3.05) is 0 Å². The molecular weight excluding hydrogens is 308 g/mol. The van der Waals surface area contributed by atoms with Gasteiger partial charge in [-0.3, -0.25) is 4.79 Å². The molecule has 2 saturated carbocycles. The largest absolute Gasteiger partial charge is 0.353 e. The van der Waals surface area contributed by atoms with Crippen LogP contribution in [0, 0.1) is 11.8 Å². The number of rotatable bonds is 3. The Morgan fingerprint density at radius 3 is 2.16 bits per heavy atom. The first kappa shape index (κ1) is 20.7.